The van der Waals surface area contributed by atoms with Crippen LogP contribution >= 0.6 is 0 Å². The smallest absolute Gasteiger partial charge is 0.191 e. The van der Waals surface area contributed by atoms with Gasteiger partial charge in [0.15, 0.2) is 5.96 Å². The molecule has 0 radical (unpaired) electrons. The van der Waals surface area contributed by atoms with E-state index in [9.17, 15) is 0 Å². The number of hydrogen-bond donors (Lipinski definition) is 3. The lowest BCUT2D eigenvalue weighted by atomic mass is 10.0. The predicted molar refractivity (Wildman–Crippen MR) is 116 cm³/mol. The highest BCUT2D eigenvalue weighted by Crippen LogP contribution is 2.21. The van der Waals surface area contributed by atoms with Gasteiger partial charge >= 0.3 is 0 Å². The van der Waals surface area contributed by atoms with Crippen molar-refractivity contribution in [2.75, 3.05) is 33.2 Å². The number of fused-ring (bicyclic) bond motifs is 1. The van der Waals surface area contributed by atoms with E-state index in [1.54, 1.807) is 0 Å². The summed E-state index contributed by atoms with van der Waals surface area (Å²) in [5, 5.41) is 8.44. The molecule has 3 N–H and O–H groups in total. The van der Waals surface area contributed by atoms with Crippen molar-refractivity contribution < 1.29 is 0 Å². The minimum absolute atomic E-state index is 0.532. The number of aryl methyl sites for hydroxylation is 1. The maximum Gasteiger partial charge on any atom is 0.191 e. The molecule has 0 spiro atoms. The van der Waals surface area contributed by atoms with Gasteiger partial charge in [0.25, 0.3) is 0 Å². The third kappa shape index (κ3) is 5.25. The predicted octanol–water partition coefficient (Wildman–Crippen LogP) is 3.45. The topological polar surface area (TPSA) is 55.4 Å². The van der Waals surface area contributed by atoms with Crippen molar-refractivity contribution in [3.63, 3.8) is 0 Å². The van der Waals surface area contributed by atoms with Gasteiger partial charge in [0.1, 0.15) is 0 Å². The number of rotatable bonds is 7. The maximum absolute atomic E-state index is 4.42. The highest BCUT2D eigenvalue weighted by Gasteiger charge is 2.19. The summed E-state index contributed by atoms with van der Waals surface area (Å²) in [7, 11) is 1.86. The maximum atomic E-state index is 4.42. The quantitative estimate of drug-likeness (QED) is 0.518. The molecule has 148 valence electrons. The molecule has 1 aromatic heterocycles. The minimum Gasteiger partial charge on any atom is -0.361 e. The van der Waals surface area contributed by atoms with Gasteiger partial charge in [0.05, 0.1) is 0 Å². The standard InChI is InChI=1S/C22H35N5/c1-4-5-13-27-14-10-19(11-15-27)26-22(23-3)24-12-9-18-16-25-21-17(2)7-6-8-20(18)21/h6-8,16,19,25H,4-5,9-15H2,1-3H3,(H2,23,24,26). The number of H-pyrrole nitrogens is 1. The Hall–Kier alpha value is -2.01. The summed E-state index contributed by atoms with van der Waals surface area (Å²) in [6, 6.07) is 7.02. The summed E-state index contributed by atoms with van der Waals surface area (Å²) in [6.45, 7) is 8.95. The number of guanidine groups is 1. The lowest BCUT2D eigenvalue weighted by Gasteiger charge is -2.33. The Morgan fingerprint density at radius 3 is 2.85 bits per heavy atom. The van der Waals surface area contributed by atoms with E-state index >= 15 is 0 Å². The van der Waals surface area contributed by atoms with Gasteiger partial charge < -0.3 is 20.5 Å². The minimum atomic E-state index is 0.532. The average molecular weight is 370 g/mol. The number of likely N-dealkylation sites (tertiary alicyclic amines) is 1. The van der Waals surface area contributed by atoms with E-state index in [2.05, 4.69) is 63.8 Å². The van der Waals surface area contributed by atoms with Gasteiger partial charge in [-0.2, -0.15) is 0 Å². The van der Waals surface area contributed by atoms with Gasteiger partial charge in [-0.3, -0.25) is 4.99 Å². The zero-order valence-electron chi connectivity index (χ0n) is 17.1. The number of piperidine rings is 1. The highest BCUT2D eigenvalue weighted by atomic mass is 15.2. The number of aliphatic imine (C=N–C) groups is 1. The lowest BCUT2D eigenvalue weighted by Crippen LogP contribution is -2.49. The first-order chi connectivity index (χ1) is 13.2. The summed E-state index contributed by atoms with van der Waals surface area (Å²) in [5.74, 6) is 0.929. The molecule has 27 heavy (non-hydrogen) atoms. The van der Waals surface area contributed by atoms with E-state index in [1.165, 1.54) is 67.3 Å². The highest BCUT2D eigenvalue weighted by molar-refractivity contribution is 5.86. The number of nitrogens with one attached hydrogen (secondary N) is 3. The fraction of sp³-hybridized carbons (Fsp3) is 0.591. The first kappa shape index (κ1) is 19.7. The molecule has 0 aliphatic carbocycles. The SMILES string of the molecule is CCCCN1CCC(NC(=NC)NCCc2c[nH]c3c(C)cccc23)CC1. The van der Waals surface area contributed by atoms with E-state index in [4.69, 9.17) is 0 Å². The van der Waals surface area contributed by atoms with Crippen LogP contribution in [0.1, 0.15) is 43.7 Å². The molecule has 0 bridgehead atoms. The molecular formula is C22H35N5. The molecule has 1 aliphatic heterocycles. The lowest BCUT2D eigenvalue weighted by molar-refractivity contribution is 0.203. The molecule has 2 heterocycles. The average Bonchev–Trinajstić information content (AvgIpc) is 3.11. The molecule has 1 aromatic carbocycles. The van der Waals surface area contributed by atoms with Crippen molar-refractivity contribution in [2.24, 2.45) is 4.99 Å². The van der Waals surface area contributed by atoms with Gasteiger partial charge in [-0.25, -0.2) is 0 Å². The molecule has 2 aromatic rings. The fourth-order valence-electron chi connectivity index (χ4n) is 3.96. The van der Waals surface area contributed by atoms with Crippen LogP contribution in [0.25, 0.3) is 10.9 Å². The van der Waals surface area contributed by atoms with E-state index in [-0.39, 0.29) is 0 Å². The zero-order valence-corrected chi connectivity index (χ0v) is 17.1. The van der Waals surface area contributed by atoms with E-state index in [1.807, 2.05) is 7.05 Å². The van der Waals surface area contributed by atoms with Crippen molar-refractivity contribution in [3.8, 4) is 0 Å². The molecule has 0 saturated carbocycles. The van der Waals surface area contributed by atoms with Crippen LogP contribution in [0.15, 0.2) is 29.4 Å². The largest absolute Gasteiger partial charge is 0.361 e. The monoisotopic (exact) mass is 369 g/mol. The van der Waals surface area contributed by atoms with Crippen LogP contribution < -0.4 is 10.6 Å². The molecular weight excluding hydrogens is 334 g/mol. The molecule has 5 heteroatoms. The molecule has 1 aliphatic rings. The number of unbranched alkanes of at least 4 members (excludes halogenated alkanes) is 1. The van der Waals surface area contributed by atoms with Gasteiger partial charge in [0, 0.05) is 49.8 Å². The summed E-state index contributed by atoms with van der Waals surface area (Å²) in [6.07, 6.45) is 8.12. The second-order valence-corrected chi connectivity index (χ2v) is 7.67. The second kappa shape index (κ2) is 9.79. The third-order valence-electron chi connectivity index (χ3n) is 5.68. The fourth-order valence-corrected chi connectivity index (χ4v) is 3.96. The summed E-state index contributed by atoms with van der Waals surface area (Å²) in [4.78, 5) is 10.4. The number of benzene rings is 1. The molecule has 1 saturated heterocycles. The van der Waals surface area contributed by atoms with Gasteiger partial charge in [0.2, 0.25) is 0 Å². The number of aromatic amines is 1. The summed E-state index contributed by atoms with van der Waals surface area (Å²) < 4.78 is 0. The van der Waals surface area contributed by atoms with E-state index < -0.39 is 0 Å². The molecule has 0 amide bonds. The Labute approximate surface area is 163 Å². The van der Waals surface area contributed by atoms with Crippen molar-refractivity contribution >= 4 is 16.9 Å². The van der Waals surface area contributed by atoms with Crippen LogP contribution in [-0.2, 0) is 6.42 Å². The third-order valence-corrected chi connectivity index (χ3v) is 5.68. The zero-order chi connectivity index (χ0) is 19.1. The molecule has 3 rings (SSSR count). The molecule has 0 unspecified atom stereocenters. The first-order valence-electron chi connectivity index (χ1n) is 10.5. The number of para-hydroxylation sites is 1. The van der Waals surface area contributed by atoms with Crippen molar-refractivity contribution in [2.45, 2.75) is 52.0 Å². The molecule has 1 fully saturated rings. The van der Waals surface area contributed by atoms with Crippen LogP contribution in [0.4, 0.5) is 0 Å². The van der Waals surface area contributed by atoms with Crippen molar-refractivity contribution in [1.29, 1.82) is 0 Å². The number of nitrogens with zero attached hydrogens (tertiary/aromatic N) is 2. The first-order valence-corrected chi connectivity index (χ1v) is 10.5. The number of hydrogen-bond acceptors (Lipinski definition) is 2. The number of aromatic nitrogens is 1. The second-order valence-electron chi connectivity index (χ2n) is 7.67. The Bertz CT molecular complexity index is 740. The molecule has 5 nitrogen and oxygen atoms in total. The van der Waals surface area contributed by atoms with Crippen molar-refractivity contribution in [3.05, 3.63) is 35.5 Å². The Kier molecular flexibility index (Phi) is 7.16. The van der Waals surface area contributed by atoms with E-state index in [0.717, 1.165) is 18.9 Å². The van der Waals surface area contributed by atoms with Gasteiger partial charge in [-0.05, 0) is 50.3 Å². The summed E-state index contributed by atoms with van der Waals surface area (Å²) >= 11 is 0. The molecule has 0 atom stereocenters. The Morgan fingerprint density at radius 1 is 1.30 bits per heavy atom. The Morgan fingerprint density at radius 2 is 2.11 bits per heavy atom. The van der Waals surface area contributed by atoms with Gasteiger partial charge in [-0.15, -0.1) is 0 Å². The van der Waals surface area contributed by atoms with Crippen molar-refractivity contribution in [1.82, 2.24) is 20.5 Å². The van der Waals surface area contributed by atoms with E-state index in [0.29, 0.717) is 6.04 Å². The summed E-state index contributed by atoms with van der Waals surface area (Å²) in [5.41, 5.74) is 3.92. The van der Waals surface area contributed by atoms with Gasteiger partial charge in [-0.1, -0.05) is 31.5 Å². The van der Waals surface area contributed by atoms with Crippen LogP contribution in [0, 0.1) is 6.92 Å². The Balaban J connectivity index is 1.44. The van der Waals surface area contributed by atoms with Crippen LogP contribution in [0.3, 0.4) is 0 Å². The van der Waals surface area contributed by atoms with Crippen LogP contribution in [0.5, 0.6) is 0 Å². The van der Waals surface area contributed by atoms with Crippen LogP contribution in [0.2, 0.25) is 0 Å². The normalized spacial score (nSPS) is 16.8. The van der Waals surface area contributed by atoms with Crippen LogP contribution in [-0.4, -0.2) is 55.1 Å².